The number of carbonyl (C=O) groups is 2. The Balaban J connectivity index is 1.74. The van der Waals surface area contributed by atoms with Crippen molar-refractivity contribution in [2.24, 2.45) is 0 Å². The van der Waals surface area contributed by atoms with Gasteiger partial charge in [0.2, 0.25) is 0 Å². The lowest BCUT2D eigenvalue weighted by atomic mass is 9.99. The summed E-state index contributed by atoms with van der Waals surface area (Å²) >= 11 is 5.89. The molecule has 0 saturated carbocycles. The summed E-state index contributed by atoms with van der Waals surface area (Å²) in [5.41, 5.74) is 2.24. The summed E-state index contributed by atoms with van der Waals surface area (Å²) in [6.07, 6.45) is 1.04. The van der Waals surface area contributed by atoms with Crippen molar-refractivity contribution in [1.29, 1.82) is 0 Å². The Labute approximate surface area is 217 Å². The van der Waals surface area contributed by atoms with E-state index in [0.717, 1.165) is 4.68 Å². The number of nitrogens with zero attached hydrogens (tertiary/aromatic N) is 5. The van der Waals surface area contributed by atoms with Gasteiger partial charge in [-0.2, -0.15) is 9.78 Å². The molecule has 0 aliphatic heterocycles. The van der Waals surface area contributed by atoms with Crippen molar-refractivity contribution >= 4 is 34.7 Å². The van der Waals surface area contributed by atoms with Gasteiger partial charge in [-0.25, -0.2) is 19.0 Å². The molecule has 0 aliphatic carbocycles. The third kappa shape index (κ3) is 5.54. The first-order valence-electron chi connectivity index (χ1n) is 11.3. The number of hydrogen-bond donors (Lipinski definition) is 1. The van der Waals surface area contributed by atoms with Crippen LogP contribution in [0.4, 0.5) is 14.0 Å². The van der Waals surface area contributed by atoms with Gasteiger partial charge in [-0.3, -0.25) is 4.98 Å². The number of fused-ring (bicyclic) bond motifs is 1. The van der Waals surface area contributed by atoms with Gasteiger partial charge < -0.3 is 14.7 Å². The van der Waals surface area contributed by atoms with E-state index in [2.05, 4.69) is 15.1 Å². The average Bonchev–Trinajstić information content (AvgIpc) is 3.17. The molecule has 192 valence electrons. The number of rotatable bonds is 4. The fourth-order valence-electron chi connectivity index (χ4n) is 3.94. The van der Waals surface area contributed by atoms with Crippen LogP contribution in [0.5, 0.6) is 0 Å². The van der Waals surface area contributed by atoms with Crippen LogP contribution >= 0.6 is 11.6 Å². The highest BCUT2D eigenvalue weighted by Gasteiger charge is 2.22. The van der Waals surface area contributed by atoms with Crippen LogP contribution in [0.3, 0.4) is 0 Å². The van der Waals surface area contributed by atoms with Crippen LogP contribution in [0, 0.1) is 12.7 Å². The van der Waals surface area contributed by atoms with Gasteiger partial charge in [0.15, 0.2) is 0 Å². The molecule has 11 heteroatoms. The molecule has 0 fully saturated rings. The van der Waals surface area contributed by atoms with Crippen LogP contribution in [-0.2, 0) is 11.3 Å². The lowest BCUT2D eigenvalue weighted by Gasteiger charge is -2.25. The summed E-state index contributed by atoms with van der Waals surface area (Å²) < 4.78 is 21.6. The molecule has 0 saturated heterocycles. The summed E-state index contributed by atoms with van der Waals surface area (Å²) in [5, 5.41) is 14.6. The summed E-state index contributed by atoms with van der Waals surface area (Å²) in [5.74, 6) is -0.528. The molecule has 1 amide bonds. The highest BCUT2D eigenvalue weighted by atomic mass is 35.5. The maximum absolute atomic E-state index is 15.4. The van der Waals surface area contributed by atoms with E-state index in [9.17, 15) is 14.7 Å². The third-order valence-corrected chi connectivity index (χ3v) is 5.70. The molecular weight excluding hydrogens is 501 g/mol. The second-order valence-corrected chi connectivity index (χ2v) is 9.99. The third-order valence-electron chi connectivity index (χ3n) is 5.48. The highest BCUT2D eigenvalue weighted by Crippen LogP contribution is 2.33. The molecule has 0 unspecified atom stereocenters. The molecule has 4 rings (SSSR count). The fraction of sp³-hybridized carbons (Fsp3) is 0.269. The highest BCUT2D eigenvalue weighted by molar-refractivity contribution is 6.29. The molecule has 3 heterocycles. The van der Waals surface area contributed by atoms with Crippen molar-refractivity contribution < 1.29 is 23.8 Å². The second kappa shape index (κ2) is 9.78. The molecular formula is C26H25ClFN5O4. The first kappa shape index (κ1) is 26.0. The molecule has 0 radical (unpaired) electrons. The summed E-state index contributed by atoms with van der Waals surface area (Å²) in [6, 6.07) is 7.96. The van der Waals surface area contributed by atoms with Gasteiger partial charge in [-0.05, 0) is 63.1 Å². The SMILES string of the molecule is Cc1cc(CN(C)C(=O)OC(C)(C)C)cc(F)c1-c1cc2c(-c3ccc(Cl)nc3)nn(C(=O)O)c2cn1. The van der Waals surface area contributed by atoms with Gasteiger partial charge in [0.1, 0.15) is 22.3 Å². The number of benzene rings is 1. The van der Waals surface area contributed by atoms with Crippen LogP contribution < -0.4 is 0 Å². The van der Waals surface area contributed by atoms with E-state index in [4.69, 9.17) is 16.3 Å². The van der Waals surface area contributed by atoms with E-state index in [-0.39, 0.29) is 22.8 Å². The first-order valence-corrected chi connectivity index (χ1v) is 11.7. The van der Waals surface area contributed by atoms with Crippen LogP contribution in [0.1, 0.15) is 31.9 Å². The maximum atomic E-state index is 15.4. The predicted octanol–water partition coefficient (Wildman–Crippen LogP) is 6.15. The Morgan fingerprint density at radius 2 is 1.89 bits per heavy atom. The van der Waals surface area contributed by atoms with E-state index in [1.807, 2.05) is 0 Å². The molecule has 9 nitrogen and oxygen atoms in total. The molecule has 0 atom stereocenters. The lowest BCUT2D eigenvalue weighted by molar-refractivity contribution is 0.0285. The Hall–Kier alpha value is -4.05. The van der Waals surface area contributed by atoms with Gasteiger partial charge in [0.05, 0.1) is 17.4 Å². The molecule has 1 aromatic carbocycles. The Morgan fingerprint density at radius 3 is 2.49 bits per heavy atom. The van der Waals surface area contributed by atoms with Gasteiger partial charge in [0, 0.05) is 36.3 Å². The summed E-state index contributed by atoms with van der Waals surface area (Å²) in [6.45, 7) is 7.22. The number of halogens is 2. The van der Waals surface area contributed by atoms with Gasteiger partial charge >= 0.3 is 12.2 Å². The lowest BCUT2D eigenvalue weighted by Crippen LogP contribution is -2.33. The zero-order valence-electron chi connectivity index (χ0n) is 20.9. The minimum Gasteiger partial charge on any atom is -0.463 e. The monoisotopic (exact) mass is 525 g/mol. The smallest absolute Gasteiger partial charge is 0.432 e. The number of hydrogen-bond acceptors (Lipinski definition) is 6. The van der Waals surface area contributed by atoms with E-state index >= 15 is 4.39 Å². The number of carboxylic acid groups (broad SMARTS) is 1. The van der Waals surface area contributed by atoms with Gasteiger partial charge in [-0.1, -0.05) is 17.7 Å². The molecule has 0 bridgehead atoms. The topological polar surface area (TPSA) is 110 Å². The summed E-state index contributed by atoms with van der Waals surface area (Å²) in [7, 11) is 1.58. The van der Waals surface area contributed by atoms with Gasteiger partial charge in [-0.15, -0.1) is 0 Å². The zero-order valence-corrected chi connectivity index (χ0v) is 21.7. The van der Waals surface area contributed by atoms with Crippen LogP contribution in [-0.4, -0.2) is 54.6 Å². The largest absolute Gasteiger partial charge is 0.463 e. The normalized spacial score (nSPS) is 11.5. The zero-order chi connectivity index (χ0) is 27.1. The Bertz CT molecular complexity index is 1490. The molecule has 1 N–H and O–H groups in total. The number of carbonyl (C=O) groups excluding carboxylic acids is 1. The molecule has 0 spiro atoms. The molecule has 4 aromatic rings. The van der Waals surface area contributed by atoms with Crippen LogP contribution in [0.2, 0.25) is 5.15 Å². The van der Waals surface area contributed by atoms with Crippen molar-refractivity contribution in [2.45, 2.75) is 39.8 Å². The van der Waals surface area contributed by atoms with Crippen molar-refractivity contribution in [3.05, 3.63) is 64.8 Å². The Kier molecular flexibility index (Phi) is 6.88. The van der Waals surface area contributed by atoms with Crippen molar-refractivity contribution in [3.63, 3.8) is 0 Å². The Morgan fingerprint density at radius 1 is 1.16 bits per heavy atom. The number of ether oxygens (including phenoxy) is 1. The van der Waals surface area contributed by atoms with Crippen molar-refractivity contribution in [2.75, 3.05) is 7.05 Å². The molecule has 37 heavy (non-hydrogen) atoms. The minimum atomic E-state index is -1.28. The number of pyridine rings is 2. The second-order valence-electron chi connectivity index (χ2n) is 9.61. The maximum Gasteiger partial charge on any atom is 0.432 e. The van der Waals surface area contributed by atoms with Crippen LogP contribution in [0.25, 0.3) is 33.4 Å². The van der Waals surface area contributed by atoms with Crippen LogP contribution in [0.15, 0.2) is 42.7 Å². The van der Waals surface area contributed by atoms with E-state index in [0.29, 0.717) is 33.5 Å². The standard InChI is InChI=1S/C26H25ClFN5O4/c1-14-8-15(13-32(5)25(36)37-26(2,3)4)9-18(28)22(14)19-10-17-20(12-29-19)33(24(34)35)31-23(17)16-6-7-21(27)30-11-16/h6-12H,13H2,1-5H3,(H,34,35). The summed E-state index contributed by atoms with van der Waals surface area (Å²) in [4.78, 5) is 33.8. The fourth-order valence-corrected chi connectivity index (χ4v) is 4.05. The number of amides is 1. The predicted molar refractivity (Wildman–Crippen MR) is 137 cm³/mol. The number of aryl methyl sites for hydroxylation is 1. The van der Waals surface area contributed by atoms with Crippen molar-refractivity contribution in [1.82, 2.24) is 24.6 Å². The van der Waals surface area contributed by atoms with E-state index in [1.54, 1.807) is 59.0 Å². The van der Waals surface area contributed by atoms with E-state index in [1.165, 1.54) is 23.4 Å². The number of aromatic nitrogens is 4. The minimum absolute atomic E-state index is 0.151. The van der Waals surface area contributed by atoms with E-state index < -0.39 is 23.6 Å². The first-order chi connectivity index (χ1) is 17.3. The molecule has 0 aliphatic rings. The molecule has 3 aromatic heterocycles. The quantitative estimate of drug-likeness (QED) is 0.318. The average molecular weight is 526 g/mol. The van der Waals surface area contributed by atoms with Gasteiger partial charge in [0.25, 0.3) is 0 Å². The van der Waals surface area contributed by atoms with Crippen molar-refractivity contribution in [3.8, 4) is 22.5 Å².